The van der Waals surface area contributed by atoms with Gasteiger partial charge in [-0.1, -0.05) is 6.92 Å². The van der Waals surface area contributed by atoms with E-state index in [9.17, 15) is 0 Å². The van der Waals surface area contributed by atoms with E-state index in [0.29, 0.717) is 12.3 Å². The van der Waals surface area contributed by atoms with Gasteiger partial charge in [-0.3, -0.25) is 0 Å². The van der Waals surface area contributed by atoms with Crippen molar-refractivity contribution in [2.24, 2.45) is 0 Å². The average Bonchev–Trinajstić information content (AvgIpc) is 3.03. The van der Waals surface area contributed by atoms with E-state index >= 15 is 0 Å². The first kappa shape index (κ1) is 16.9. The fraction of sp³-hybridized carbons (Fsp3) is 0.550. The molecule has 27 heavy (non-hydrogen) atoms. The number of aromatic nitrogens is 3. The van der Waals surface area contributed by atoms with Gasteiger partial charge < -0.3 is 19.0 Å². The van der Waals surface area contributed by atoms with E-state index in [1.54, 1.807) is 6.33 Å². The van der Waals surface area contributed by atoms with Crippen LogP contribution in [-0.4, -0.2) is 58.2 Å². The van der Waals surface area contributed by atoms with Crippen LogP contribution in [0.2, 0.25) is 0 Å². The molecule has 0 aromatic carbocycles. The Labute approximate surface area is 158 Å². The third kappa shape index (κ3) is 2.85. The Morgan fingerprint density at radius 3 is 2.74 bits per heavy atom. The van der Waals surface area contributed by atoms with Crippen LogP contribution in [0.1, 0.15) is 32.0 Å². The molecule has 3 aromatic rings. The Morgan fingerprint density at radius 1 is 1.15 bits per heavy atom. The highest BCUT2D eigenvalue weighted by Gasteiger charge is 2.29. The van der Waals surface area contributed by atoms with Crippen LogP contribution in [0.3, 0.4) is 0 Å². The van der Waals surface area contributed by atoms with Gasteiger partial charge >= 0.3 is 0 Å². The number of piperazine rings is 1. The molecule has 0 amide bonds. The summed E-state index contributed by atoms with van der Waals surface area (Å²) < 4.78 is 12.1. The van der Waals surface area contributed by atoms with E-state index < -0.39 is 0 Å². The molecule has 2 aliphatic rings. The summed E-state index contributed by atoms with van der Waals surface area (Å²) in [6.07, 6.45) is 2.42. The Kier molecular flexibility index (Phi) is 3.84. The summed E-state index contributed by atoms with van der Waals surface area (Å²) >= 11 is 0. The molecule has 1 fully saturated rings. The zero-order chi connectivity index (χ0) is 18.6. The molecule has 0 atom stereocenters. The maximum absolute atomic E-state index is 6.19. The summed E-state index contributed by atoms with van der Waals surface area (Å²) in [4.78, 5) is 18.6. The smallest absolute Gasteiger partial charge is 0.229 e. The number of nitrogens with zero attached hydrogens (tertiary/aromatic N) is 5. The van der Waals surface area contributed by atoms with E-state index in [1.807, 2.05) is 0 Å². The van der Waals surface area contributed by atoms with Gasteiger partial charge in [0.05, 0.1) is 23.3 Å². The van der Waals surface area contributed by atoms with E-state index in [-0.39, 0.29) is 5.60 Å². The molecule has 0 unspecified atom stereocenters. The van der Waals surface area contributed by atoms with Crippen LogP contribution in [0.4, 0.5) is 5.82 Å². The van der Waals surface area contributed by atoms with Gasteiger partial charge in [-0.15, -0.1) is 0 Å². The maximum atomic E-state index is 6.19. The maximum Gasteiger partial charge on any atom is 0.229 e. The Bertz CT molecular complexity index is 1000. The van der Waals surface area contributed by atoms with Gasteiger partial charge in [0.25, 0.3) is 0 Å². The van der Waals surface area contributed by atoms with Gasteiger partial charge in [0.15, 0.2) is 11.4 Å². The molecule has 2 aliphatic heterocycles. The molecule has 5 heterocycles. The van der Waals surface area contributed by atoms with Crippen molar-refractivity contribution >= 4 is 28.0 Å². The summed E-state index contributed by atoms with van der Waals surface area (Å²) in [5.41, 5.74) is 4.23. The molecule has 0 spiro atoms. The first-order valence-electron chi connectivity index (χ1n) is 9.71. The van der Waals surface area contributed by atoms with E-state index in [0.717, 1.165) is 72.7 Å². The lowest BCUT2D eigenvalue weighted by Crippen LogP contribution is -2.46. The number of hydrogen-bond acceptors (Lipinski definition) is 7. The highest BCUT2D eigenvalue weighted by molar-refractivity contribution is 6.04. The number of rotatable bonds is 2. The van der Waals surface area contributed by atoms with Gasteiger partial charge in [0, 0.05) is 38.2 Å². The summed E-state index contributed by atoms with van der Waals surface area (Å²) in [6.45, 7) is 12.0. The molecule has 1 saturated heterocycles. The van der Waals surface area contributed by atoms with Crippen molar-refractivity contribution in [2.45, 2.75) is 39.4 Å². The fourth-order valence-corrected chi connectivity index (χ4v) is 4.07. The van der Waals surface area contributed by atoms with Gasteiger partial charge in [0.1, 0.15) is 11.8 Å². The molecule has 0 N–H and O–H groups in total. The highest BCUT2D eigenvalue weighted by atomic mass is 16.5. The lowest BCUT2D eigenvalue weighted by Gasteiger charge is -2.34. The molecule has 0 saturated carbocycles. The average molecular weight is 367 g/mol. The molecule has 5 rings (SSSR count). The SMILES string of the molecule is CCN1CCN(c2ncnc3c2oc2nc4c(cc23)COC(C)(C)C4)CC1. The molecule has 0 aliphatic carbocycles. The largest absolute Gasteiger partial charge is 0.432 e. The Hall–Kier alpha value is -2.25. The van der Waals surface area contributed by atoms with Gasteiger partial charge in [0.2, 0.25) is 5.71 Å². The number of fused-ring (bicyclic) bond motifs is 4. The van der Waals surface area contributed by atoms with Crippen molar-refractivity contribution in [3.63, 3.8) is 0 Å². The third-order valence-electron chi connectivity index (χ3n) is 5.73. The van der Waals surface area contributed by atoms with Crippen molar-refractivity contribution in [1.29, 1.82) is 0 Å². The lowest BCUT2D eigenvalue weighted by molar-refractivity contribution is -0.0411. The van der Waals surface area contributed by atoms with Gasteiger partial charge in [-0.2, -0.15) is 0 Å². The molecular formula is C20H25N5O2. The van der Waals surface area contributed by atoms with Crippen LogP contribution in [0.5, 0.6) is 0 Å². The quantitative estimate of drug-likeness (QED) is 0.690. The number of hydrogen-bond donors (Lipinski definition) is 0. The zero-order valence-electron chi connectivity index (χ0n) is 16.2. The highest BCUT2D eigenvalue weighted by Crippen LogP contribution is 2.35. The number of anilines is 1. The lowest BCUT2D eigenvalue weighted by atomic mass is 9.95. The summed E-state index contributed by atoms with van der Waals surface area (Å²) in [6, 6.07) is 2.13. The van der Waals surface area contributed by atoms with E-state index in [1.165, 1.54) is 0 Å². The fourth-order valence-electron chi connectivity index (χ4n) is 4.07. The van der Waals surface area contributed by atoms with Gasteiger partial charge in [-0.25, -0.2) is 15.0 Å². The number of furan rings is 1. The topological polar surface area (TPSA) is 67.5 Å². The summed E-state index contributed by atoms with van der Waals surface area (Å²) in [7, 11) is 0. The number of ether oxygens (including phenoxy) is 1. The Balaban J connectivity index is 1.59. The first-order valence-corrected chi connectivity index (χ1v) is 9.71. The minimum Gasteiger partial charge on any atom is -0.432 e. The van der Waals surface area contributed by atoms with Crippen molar-refractivity contribution in [3.8, 4) is 0 Å². The van der Waals surface area contributed by atoms with Crippen LogP contribution in [0.15, 0.2) is 16.8 Å². The first-order chi connectivity index (χ1) is 13.0. The molecular weight excluding hydrogens is 342 g/mol. The number of pyridine rings is 1. The second-order valence-corrected chi connectivity index (χ2v) is 8.07. The van der Waals surface area contributed by atoms with Crippen molar-refractivity contribution in [2.75, 3.05) is 37.6 Å². The minimum absolute atomic E-state index is 0.191. The van der Waals surface area contributed by atoms with Crippen LogP contribution >= 0.6 is 0 Å². The number of likely N-dealkylation sites (N-methyl/N-ethyl adjacent to an activating group) is 1. The molecule has 0 radical (unpaired) electrons. The van der Waals surface area contributed by atoms with Crippen molar-refractivity contribution in [1.82, 2.24) is 19.9 Å². The molecule has 3 aromatic heterocycles. The Morgan fingerprint density at radius 2 is 1.96 bits per heavy atom. The second kappa shape index (κ2) is 6.14. The third-order valence-corrected chi connectivity index (χ3v) is 5.73. The molecule has 142 valence electrons. The van der Waals surface area contributed by atoms with E-state index in [2.05, 4.69) is 46.6 Å². The second-order valence-electron chi connectivity index (χ2n) is 8.07. The molecule has 0 bridgehead atoms. The molecule has 7 nitrogen and oxygen atoms in total. The standard InChI is InChI=1S/C20H25N5O2/c1-4-24-5-7-25(8-6-24)18-17-16(21-12-22-18)14-9-13-11-26-20(2,3)10-15(13)23-19(14)27-17/h9,12H,4-8,10-11H2,1-3H3. The predicted molar refractivity (Wildman–Crippen MR) is 104 cm³/mol. The summed E-state index contributed by atoms with van der Waals surface area (Å²) in [5.74, 6) is 0.878. The van der Waals surface area contributed by atoms with E-state index in [4.69, 9.17) is 14.1 Å². The summed E-state index contributed by atoms with van der Waals surface area (Å²) in [5, 5.41) is 0.947. The van der Waals surface area contributed by atoms with Crippen molar-refractivity contribution < 1.29 is 9.15 Å². The predicted octanol–water partition coefficient (Wildman–Crippen LogP) is 2.76. The normalized spacial score (nSPS) is 20.3. The zero-order valence-corrected chi connectivity index (χ0v) is 16.2. The van der Waals surface area contributed by atoms with Crippen LogP contribution in [-0.2, 0) is 17.8 Å². The van der Waals surface area contributed by atoms with Gasteiger partial charge in [-0.05, 0) is 26.5 Å². The minimum atomic E-state index is -0.191. The van der Waals surface area contributed by atoms with Crippen LogP contribution < -0.4 is 4.90 Å². The monoisotopic (exact) mass is 367 g/mol. The van der Waals surface area contributed by atoms with Crippen LogP contribution in [0.25, 0.3) is 22.2 Å². The van der Waals surface area contributed by atoms with Crippen LogP contribution in [0, 0.1) is 0 Å². The molecule has 7 heteroatoms. The van der Waals surface area contributed by atoms with Crippen molar-refractivity contribution in [3.05, 3.63) is 23.7 Å².